The number of aryl methyl sites for hydroxylation is 1. The summed E-state index contributed by atoms with van der Waals surface area (Å²) in [6.07, 6.45) is 6.73. The van der Waals surface area contributed by atoms with Gasteiger partial charge in [0.2, 0.25) is 11.7 Å². The molecule has 0 spiro atoms. The van der Waals surface area contributed by atoms with Crippen LogP contribution in [0.4, 0.5) is 0 Å². The van der Waals surface area contributed by atoms with Gasteiger partial charge in [-0.05, 0) is 68.2 Å². The van der Waals surface area contributed by atoms with Crippen LogP contribution in [0.1, 0.15) is 62.5 Å². The maximum absolute atomic E-state index is 13.9. The average Bonchev–Trinajstić information content (AvgIpc) is 3.76. The van der Waals surface area contributed by atoms with Crippen LogP contribution in [0.3, 0.4) is 0 Å². The molecule has 1 aliphatic heterocycles. The zero-order chi connectivity index (χ0) is 28.8. The highest BCUT2D eigenvalue weighted by Gasteiger charge is 2.37. The van der Waals surface area contributed by atoms with Gasteiger partial charge < -0.3 is 28.8 Å². The number of carbonyl (C=O) groups excluding carboxylic acids is 2. The molecule has 2 unspecified atom stereocenters. The largest absolute Gasteiger partial charge is 0.493 e. The Hall–Kier alpha value is -3.93. The lowest BCUT2D eigenvalue weighted by atomic mass is 9.95. The van der Waals surface area contributed by atoms with Crippen LogP contribution in [0.25, 0.3) is 11.4 Å². The van der Waals surface area contributed by atoms with E-state index in [2.05, 4.69) is 20.7 Å². The summed E-state index contributed by atoms with van der Waals surface area (Å²) in [6, 6.07) is 7.99. The van der Waals surface area contributed by atoms with Gasteiger partial charge in [0.1, 0.15) is 18.1 Å². The van der Waals surface area contributed by atoms with Crippen LogP contribution >= 0.6 is 0 Å². The van der Waals surface area contributed by atoms with Crippen LogP contribution in [0, 0.1) is 6.92 Å². The van der Waals surface area contributed by atoms with Crippen molar-refractivity contribution in [1.82, 2.24) is 30.4 Å². The second kappa shape index (κ2) is 13.2. The molecule has 2 amide bonds. The number of rotatable bonds is 11. The van der Waals surface area contributed by atoms with E-state index in [4.69, 9.17) is 18.6 Å². The van der Waals surface area contributed by atoms with E-state index in [0.29, 0.717) is 41.0 Å². The zero-order valence-electron chi connectivity index (χ0n) is 23.9. The molecule has 220 valence electrons. The molecule has 0 bridgehead atoms. The molecule has 41 heavy (non-hydrogen) atoms. The molecule has 12 heteroatoms. The number of methoxy groups -OCH3 is 2. The van der Waals surface area contributed by atoms with Crippen molar-refractivity contribution in [2.45, 2.75) is 76.6 Å². The van der Waals surface area contributed by atoms with Gasteiger partial charge in [0.25, 0.3) is 5.91 Å². The van der Waals surface area contributed by atoms with Gasteiger partial charge in [-0.1, -0.05) is 19.3 Å². The number of furan rings is 1. The third kappa shape index (κ3) is 6.87. The van der Waals surface area contributed by atoms with Crippen LogP contribution in [0.5, 0.6) is 11.5 Å². The maximum atomic E-state index is 13.9. The second-order valence-corrected chi connectivity index (χ2v) is 10.6. The Morgan fingerprint density at radius 1 is 1.07 bits per heavy atom. The summed E-state index contributed by atoms with van der Waals surface area (Å²) >= 11 is 0. The van der Waals surface area contributed by atoms with Crippen molar-refractivity contribution in [2.24, 2.45) is 0 Å². The average molecular weight is 567 g/mol. The monoisotopic (exact) mass is 566 g/mol. The van der Waals surface area contributed by atoms with E-state index in [1.165, 1.54) is 11.2 Å². The number of amides is 2. The van der Waals surface area contributed by atoms with E-state index in [9.17, 15) is 9.59 Å². The Morgan fingerprint density at radius 2 is 1.88 bits per heavy atom. The highest BCUT2D eigenvalue weighted by Crippen LogP contribution is 2.31. The van der Waals surface area contributed by atoms with Crippen LogP contribution in [0.2, 0.25) is 0 Å². The number of tetrazole rings is 1. The van der Waals surface area contributed by atoms with Crippen molar-refractivity contribution in [3.05, 3.63) is 41.9 Å². The van der Waals surface area contributed by atoms with Crippen molar-refractivity contribution in [3.8, 4) is 22.9 Å². The summed E-state index contributed by atoms with van der Waals surface area (Å²) in [7, 11) is 3.11. The second-order valence-electron chi connectivity index (χ2n) is 10.6. The van der Waals surface area contributed by atoms with E-state index in [-0.39, 0.29) is 37.0 Å². The SMILES string of the molecule is COc1ccc(-c2nnn(CC(=O)N(CC3CCCO3)C(C(=O)NC3CCCCC3)c3ccc(C)o3)n2)cc1OC. The molecule has 2 fully saturated rings. The Kier molecular flexibility index (Phi) is 9.17. The summed E-state index contributed by atoms with van der Waals surface area (Å²) in [5, 5.41) is 15.9. The fourth-order valence-electron chi connectivity index (χ4n) is 5.52. The normalized spacial score (nSPS) is 18.2. The van der Waals surface area contributed by atoms with Crippen LogP contribution in [-0.2, 0) is 20.9 Å². The molecule has 2 aliphatic rings. The number of hydrogen-bond acceptors (Lipinski definition) is 9. The first-order valence-corrected chi connectivity index (χ1v) is 14.2. The quantitative estimate of drug-likeness (QED) is 0.370. The van der Waals surface area contributed by atoms with Gasteiger partial charge in [-0.15, -0.1) is 10.2 Å². The predicted molar refractivity (Wildman–Crippen MR) is 148 cm³/mol. The third-order valence-electron chi connectivity index (χ3n) is 7.66. The molecule has 1 aromatic carbocycles. The minimum Gasteiger partial charge on any atom is -0.493 e. The van der Waals surface area contributed by atoms with E-state index in [1.54, 1.807) is 49.5 Å². The lowest BCUT2D eigenvalue weighted by molar-refractivity contribution is -0.144. The van der Waals surface area contributed by atoms with Crippen molar-refractivity contribution in [3.63, 3.8) is 0 Å². The van der Waals surface area contributed by atoms with Gasteiger partial charge in [0, 0.05) is 24.8 Å². The van der Waals surface area contributed by atoms with E-state index in [1.807, 2.05) is 6.92 Å². The third-order valence-corrected chi connectivity index (χ3v) is 7.66. The molecule has 5 rings (SSSR count). The lowest BCUT2D eigenvalue weighted by Crippen LogP contribution is -2.49. The summed E-state index contributed by atoms with van der Waals surface area (Å²) in [4.78, 5) is 30.5. The van der Waals surface area contributed by atoms with Crippen molar-refractivity contribution in [1.29, 1.82) is 0 Å². The maximum Gasteiger partial charge on any atom is 0.250 e. The fourth-order valence-corrected chi connectivity index (χ4v) is 5.52. The van der Waals surface area contributed by atoms with Gasteiger partial charge in [-0.3, -0.25) is 9.59 Å². The summed E-state index contributed by atoms with van der Waals surface area (Å²) in [5.74, 6) is 1.93. The first kappa shape index (κ1) is 28.6. The lowest BCUT2D eigenvalue weighted by Gasteiger charge is -2.33. The van der Waals surface area contributed by atoms with Gasteiger partial charge in [0.15, 0.2) is 17.5 Å². The molecule has 2 atom stereocenters. The van der Waals surface area contributed by atoms with Gasteiger partial charge in [0.05, 0.1) is 20.3 Å². The highest BCUT2D eigenvalue weighted by molar-refractivity contribution is 5.88. The van der Waals surface area contributed by atoms with Crippen molar-refractivity contribution in [2.75, 3.05) is 27.4 Å². The molecule has 12 nitrogen and oxygen atoms in total. The minimum absolute atomic E-state index is 0.0792. The number of ether oxygens (including phenoxy) is 3. The zero-order valence-corrected chi connectivity index (χ0v) is 23.9. The first-order valence-electron chi connectivity index (χ1n) is 14.2. The van der Waals surface area contributed by atoms with Crippen LogP contribution in [0.15, 0.2) is 34.7 Å². The first-order chi connectivity index (χ1) is 19.9. The highest BCUT2D eigenvalue weighted by atomic mass is 16.5. The molecule has 3 aromatic rings. The topological polar surface area (TPSA) is 134 Å². The number of benzene rings is 1. The van der Waals surface area contributed by atoms with E-state index < -0.39 is 6.04 Å². The van der Waals surface area contributed by atoms with E-state index in [0.717, 1.165) is 38.5 Å². The van der Waals surface area contributed by atoms with Gasteiger partial charge in [-0.25, -0.2) is 0 Å². The van der Waals surface area contributed by atoms with Crippen LogP contribution in [-0.4, -0.2) is 76.4 Å². The van der Waals surface area contributed by atoms with Crippen molar-refractivity contribution < 1.29 is 28.2 Å². The molecule has 1 saturated heterocycles. The summed E-state index contributed by atoms with van der Waals surface area (Å²) in [5.41, 5.74) is 0.661. The number of nitrogens with zero attached hydrogens (tertiary/aromatic N) is 5. The molecule has 3 heterocycles. The Labute approximate surface area is 239 Å². The predicted octanol–water partition coefficient (Wildman–Crippen LogP) is 3.46. The summed E-state index contributed by atoms with van der Waals surface area (Å²) in [6.45, 7) is 2.49. The molecular weight excluding hydrogens is 528 g/mol. The summed E-state index contributed by atoms with van der Waals surface area (Å²) < 4.78 is 22.5. The molecule has 2 aromatic heterocycles. The number of carbonyl (C=O) groups is 2. The molecular formula is C29H38N6O6. The molecule has 1 saturated carbocycles. The Bertz CT molecular complexity index is 1330. The fraction of sp³-hybridized carbons (Fsp3) is 0.552. The molecule has 1 N–H and O–H groups in total. The van der Waals surface area contributed by atoms with Crippen molar-refractivity contribution >= 4 is 11.8 Å². The standard InChI is InChI=1S/C29H38N6O6/c1-19-11-13-24(41-19)27(29(37)30-21-8-5-4-6-9-21)34(17-22-10-7-15-40-22)26(36)18-35-32-28(31-33-35)20-12-14-23(38-2)25(16-20)39-3/h11-14,16,21-22,27H,4-10,15,17-18H2,1-3H3,(H,30,37). The molecule has 0 radical (unpaired) electrons. The minimum atomic E-state index is -0.948. The Balaban J connectivity index is 1.40. The smallest absolute Gasteiger partial charge is 0.250 e. The van der Waals surface area contributed by atoms with Crippen LogP contribution < -0.4 is 14.8 Å². The number of nitrogens with one attached hydrogen (secondary N) is 1. The number of hydrogen-bond donors (Lipinski definition) is 1. The molecule has 1 aliphatic carbocycles. The Morgan fingerprint density at radius 3 is 2.56 bits per heavy atom. The van der Waals surface area contributed by atoms with Gasteiger partial charge in [-0.2, -0.15) is 4.80 Å². The van der Waals surface area contributed by atoms with Gasteiger partial charge >= 0.3 is 0 Å². The number of aromatic nitrogens is 4. The van der Waals surface area contributed by atoms with E-state index >= 15 is 0 Å².